The van der Waals surface area contributed by atoms with Gasteiger partial charge in [-0.1, -0.05) is 0 Å². The second kappa shape index (κ2) is 7.10. The Morgan fingerprint density at radius 1 is 1.11 bits per heavy atom. The number of nitrogens with one attached hydrogen (secondary N) is 1. The number of hydrogen-bond donors (Lipinski definition) is 1. The molecule has 0 saturated heterocycles. The summed E-state index contributed by atoms with van der Waals surface area (Å²) in [5, 5.41) is 3.73. The molecule has 1 amide bonds. The van der Waals surface area contributed by atoms with Crippen molar-refractivity contribution in [2.75, 3.05) is 28.4 Å². The molecule has 1 N–H and O–H groups in total. The van der Waals surface area contributed by atoms with E-state index in [1.165, 1.54) is 27.5 Å². The van der Waals surface area contributed by atoms with Crippen molar-refractivity contribution < 1.29 is 23.7 Å². The Hall–Kier alpha value is -2.44. The molecule has 0 fully saturated rings. The van der Waals surface area contributed by atoms with Crippen LogP contribution in [0, 0.1) is 0 Å². The van der Waals surface area contributed by atoms with E-state index in [4.69, 9.17) is 14.2 Å². The zero-order valence-corrected chi connectivity index (χ0v) is 11.2. The van der Waals surface area contributed by atoms with Gasteiger partial charge in [-0.25, -0.2) is 10.2 Å². The van der Waals surface area contributed by atoms with E-state index in [1.54, 1.807) is 19.2 Å². The summed E-state index contributed by atoms with van der Waals surface area (Å²) in [7, 11) is 5.82. The van der Waals surface area contributed by atoms with Crippen LogP contribution < -0.4 is 19.6 Å². The number of hydrogen-bond acceptors (Lipinski definition) is 6. The monoisotopic (exact) mass is 268 g/mol. The molecule has 7 heteroatoms. The molecule has 0 unspecified atom stereocenters. The molecule has 104 valence electrons. The first-order valence-electron chi connectivity index (χ1n) is 5.33. The lowest BCUT2D eigenvalue weighted by molar-refractivity contribution is 0.171. The van der Waals surface area contributed by atoms with Gasteiger partial charge < -0.3 is 18.9 Å². The van der Waals surface area contributed by atoms with Crippen LogP contribution >= 0.6 is 0 Å². The van der Waals surface area contributed by atoms with Crippen molar-refractivity contribution in [3.63, 3.8) is 0 Å². The van der Waals surface area contributed by atoms with Gasteiger partial charge in [-0.2, -0.15) is 5.10 Å². The molecule has 0 heterocycles. The van der Waals surface area contributed by atoms with Gasteiger partial charge in [-0.15, -0.1) is 0 Å². The van der Waals surface area contributed by atoms with Gasteiger partial charge in [0.1, 0.15) is 17.2 Å². The van der Waals surface area contributed by atoms with Gasteiger partial charge in [0.25, 0.3) is 0 Å². The molecule has 0 atom stereocenters. The van der Waals surface area contributed by atoms with Gasteiger partial charge in [0.15, 0.2) is 0 Å². The van der Waals surface area contributed by atoms with Crippen LogP contribution in [0.4, 0.5) is 4.79 Å². The summed E-state index contributed by atoms with van der Waals surface area (Å²) in [6.45, 7) is 0. The van der Waals surface area contributed by atoms with Crippen LogP contribution in [0.1, 0.15) is 5.56 Å². The maximum Gasteiger partial charge on any atom is 0.427 e. The van der Waals surface area contributed by atoms with Gasteiger partial charge in [0.2, 0.25) is 0 Å². The fourth-order valence-electron chi connectivity index (χ4n) is 1.36. The minimum absolute atomic E-state index is 0.506. The third kappa shape index (κ3) is 3.77. The summed E-state index contributed by atoms with van der Waals surface area (Å²) in [6.07, 6.45) is 0.733. The highest BCUT2D eigenvalue weighted by Crippen LogP contribution is 2.32. The fourth-order valence-corrected chi connectivity index (χ4v) is 1.36. The molecule has 1 rings (SSSR count). The van der Waals surface area contributed by atoms with E-state index in [1.807, 2.05) is 0 Å². The minimum atomic E-state index is -0.664. The zero-order chi connectivity index (χ0) is 14.3. The number of methoxy groups -OCH3 is 4. The Kier molecular flexibility index (Phi) is 5.46. The van der Waals surface area contributed by atoms with Crippen molar-refractivity contribution in [3.8, 4) is 17.2 Å². The lowest BCUT2D eigenvalue weighted by atomic mass is 10.2. The molecular weight excluding hydrogens is 252 g/mol. The number of benzene rings is 1. The molecule has 0 saturated carbocycles. The molecule has 0 radical (unpaired) electrons. The predicted octanol–water partition coefficient (Wildman–Crippen LogP) is 1.40. The molecule has 0 bridgehead atoms. The van der Waals surface area contributed by atoms with Gasteiger partial charge in [-0.3, -0.25) is 0 Å². The fraction of sp³-hybridized carbons (Fsp3) is 0.333. The molecule has 1 aromatic carbocycles. The predicted molar refractivity (Wildman–Crippen MR) is 69.2 cm³/mol. The van der Waals surface area contributed by atoms with Gasteiger partial charge in [0.05, 0.1) is 40.2 Å². The first kappa shape index (κ1) is 14.6. The number of amides is 1. The first-order valence-corrected chi connectivity index (χ1v) is 5.33. The summed E-state index contributed by atoms with van der Waals surface area (Å²) >= 11 is 0. The van der Waals surface area contributed by atoms with Gasteiger partial charge in [-0.05, 0) is 0 Å². The van der Waals surface area contributed by atoms with Crippen LogP contribution in [0.15, 0.2) is 17.2 Å². The van der Waals surface area contributed by atoms with Crippen LogP contribution in [0.2, 0.25) is 0 Å². The Balaban J connectivity index is 3.06. The highest BCUT2D eigenvalue weighted by molar-refractivity contribution is 5.88. The largest absolute Gasteiger partial charge is 0.496 e. The van der Waals surface area contributed by atoms with Crippen LogP contribution in [0.3, 0.4) is 0 Å². The maximum atomic E-state index is 10.9. The quantitative estimate of drug-likeness (QED) is 0.645. The standard InChI is InChI=1S/C12H16N2O5/c1-16-8-5-10(17-2)9(11(6-8)18-3)7-13-14-12(15)19-4/h5-7H,1-4H3,(H,14,15)/b13-7+. The van der Waals surface area contributed by atoms with E-state index in [2.05, 4.69) is 15.3 Å². The maximum absolute atomic E-state index is 10.9. The second-order valence-electron chi connectivity index (χ2n) is 3.31. The van der Waals surface area contributed by atoms with Crippen molar-refractivity contribution in [2.45, 2.75) is 0 Å². The average Bonchev–Trinajstić information content (AvgIpc) is 2.46. The summed E-state index contributed by atoms with van der Waals surface area (Å²) in [6, 6.07) is 3.37. The normalized spacial score (nSPS) is 10.1. The SMILES string of the molecule is COC(=O)N/N=C/c1c(OC)cc(OC)cc1OC. The number of carbonyl (C=O) groups is 1. The Morgan fingerprint density at radius 2 is 1.68 bits per heavy atom. The number of hydrazone groups is 1. The van der Waals surface area contributed by atoms with Gasteiger partial charge >= 0.3 is 6.09 Å². The van der Waals surface area contributed by atoms with E-state index >= 15 is 0 Å². The van der Waals surface area contributed by atoms with Crippen LogP contribution in [0.5, 0.6) is 17.2 Å². The van der Waals surface area contributed by atoms with Gasteiger partial charge in [0, 0.05) is 12.1 Å². The average molecular weight is 268 g/mol. The van der Waals surface area contributed by atoms with Crippen LogP contribution in [-0.4, -0.2) is 40.7 Å². The smallest absolute Gasteiger partial charge is 0.427 e. The number of nitrogens with zero attached hydrogens (tertiary/aromatic N) is 1. The minimum Gasteiger partial charge on any atom is -0.496 e. The third-order valence-corrected chi connectivity index (χ3v) is 2.29. The summed E-state index contributed by atoms with van der Waals surface area (Å²) < 4.78 is 19.9. The van der Waals surface area contributed by atoms with E-state index in [0.29, 0.717) is 22.8 Å². The number of carbonyl (C=O) groups excluding carboxylic acids is 1. The van der Waals surface area contributed by atoms with Crippen molar-refractivity contribution >= 4 is 12.3 Å². The summed E-state index contributed by atoms with van der Waals surface area (Å²) in [5.41, 5.74) is 2.75. The topological polar surface area (TPSA) is 78.4 Å². The van der Waals surface area contributed by atoms with E-state index in [0.717, 1.165) is 0 Å². The Bertz CT molecular complexity index is 448. The van der Waals surface area contributed by atoms with Crippen LogP contribution in [0.25, 0.3) is 0 Å². The first-order chi connectivity index (χ1) is 9.15. The van der Waals surface area contributed by atoms with E-state index in [-0.39, 0.29) is 0 Å². The number of ether oxygens (including phenoxy) is 4. The molecule has 0 aliphatic rings. The number of rotatable bonds is 5. The molecular formula is C12H16N2O5. The highest BCUT2D eigenvalue weighted by atomic mass is 16.5. The van der Waals surface area contributed by atoms with Crippen molar-refractivity contribution in [1.29, 1.82) is 0 Å². The van der Waals surface area contributed by atoms with Crippen molar-refractivity contribution in [3.05, 3.63) is 17.7 Å². The summed E-state index contributed by atoms with van der Waals surface area (Å²) in [4.78, 5) is 10.9. The highest BCUT2D eigenvalue weighted by Gasteiger charge is 2.11. The molecule has 1 aromatic rings. The lowest BCUT2D eigenvalue weighted by Gasteiger charge is -2.11. The Labute approximate surface area is 111 Å². The molecule has 0 spiro atoms. The van der Waals surface area contributed by atoms with Crippen molar-refractivity contribution in [1.82, 2.24) is 5.43 Å². The van der Waals surface area contributed by atoms with Crippen molar-refractivity contribution in [2.24, 2.45) is 5.10 Å². The lowest BCUT2D eigenvalue weighted by Crippen LogP contribution is -2.16. The molecule has 0 aromatic heterocycles. The molecule has 19 heavy (non-hydrogen) atoms. The second-order valence-corrected chi connectivity index (χ2v) is 3.31. The third-order valence-electron chi connectivity index (χ3n) is 2.29. The Morgan fingerprint density at radius 3 is 2.11 bits per heavy atom. The van der Waals surface area contributed by atoms with E-state index in [9.17, 15) is 4.79 Å². The summed E-state index contributed by atoms with van der Waals surface area (Å²) in [5.74, 6) is 1.60. The molecule has 0 aliphatic carbocycles. The molecule has 0 aliphatic heterocycles. The van der Waals surface area contributed by atoms with Crippen LogP contribution in [-0.2, 0) is 4.74 Å². The zero-order valence-electron chi connectivity index (χ0n) is 11.2. The molecule has 7 nitrogen and oxygen atoms in total. The van der Waals surface area contributed by atoms with E-state index < -0.39 is 6.09 Å².